The van der Waals surface area contributed by atoms with E-state index in [1.807, 2.05) is 26.2 Å². The fourth-order valence-electron chi connectivity index (χ4n) is 1.72. The van der Waals surface area contributed by atoms with Gasteiger partial charge in [0.05, 0.1) is 17.8 Å². The van der Waals surface area contributed by atoms with Gasteiger partial charge in [0, 0.05) is 18.9 Å². The predicted molar refractivity (Wildman–Crippen MR) is 71.1 cm³/mol. The van der Waals surface area contributed by atoms with E-state index >= 15 is 0 Å². The minimum absolute atomic E-state index is 0.246. The molecule has 2 heterocycles. The Labute approximate surface area is 111 Å². The molecule has 0 fully saturated rings. The molecule has 0 amide bonds. The van der Waals surface area contributed by atoms with E-state index in [-0.39, 0.29) is 5.56 Å². The number of aromatic nitrogens is 3. The minimum Gasteiger partial charge on any atom is -0.478 e. The fourth-order valence-corrected chi connectivity index (χ4v) is 1.72. The molecule has 2 rings (SSSR count). The van der Waals surface area contributed by atoms with Crippen LogP contribution in [0.4, 0.5) is 5.82 Å². The summed E-state index contributed by atoms with van der Waals surface area (Å²) >= 11 is 0. The summed E-state index contributed by atoms with van der Waals surface area (Å²) in [6.07, 6.45) is 2.55. The smallest absolute Gasteiger partial charge is 0.335 e. The van der Waals surface area contributed by atoms with Crippen LogP contribution in [0.15, 0.2) is 24.4 Å². The van der Waals surface area contributed by atoms with Gasteiger partial charge in [-0.2, -0.15) is 5.10 Å². The Morgan fingerprint density at radius 1 is 1.42 bits per heavy atom. The molecule has 0 saturated heterocycles. The Kier molecular flexibility index (Phi) is 3.79. The molecule has 0 bridgehead atoms. The highest BCUT2D eigenvalue weighted by molar-refractivity contribution is 5.88. The quantitative estimate of drug-likeness (QED) is 0.855. The van der Waals surface area contributed by atoms with Crippen LogP contribution in [0.25, 0.3) is 0 Å². The van der Waals surface area contributed by atoms with Crippen molar-refractivity contribution in [1.29, 1.82) is 0 Å². The molecule has 0 spiro atoms. The first-order chi connectivity index (χ1) is 9.08. The van der Waals surface area contributed by atoms with Gasteiger partial charge in [0.15, 0.2) is 0 Å². The van der Waals surface area contributed by atoms with Gasteiger partial charge in [0.1, 0.15) is 5.82 Å². The summed E-state index contributed by atoms with van der Waals surface area (Å²) in [4.78, 5) is 15.4. The number of hydrogen-bond acceptors (Lipinski definition) is 4. The van der Waals surface area contributed by atoms with E-state index in [0.717, 1.165) is 11.4 Å². The van der Waals surface area contributed by atoms with E-state index < -0.39 is 5.97 Å². The Bertz CT molecular complexity index is 592. The number of aromatic carboxylic acids is 1. The fraction of sp³-hybridized carbons (Fsp3) is 0.308. The molecule has 0 aliphatic heterocycles. The number of carboxylic acids is 1. The van der Waals surface area contributed by atoms with Crippen molar-refractivity contribution in [3.8, 4) is 0 Å². The number of carboxylic acid groups (broad SMARTS) is 1. The van der Waals surface area contributed by atoms with Crippen LogP contribution in [-0.4, -0.2) is 25.8 Å². The maximum Gasteiger partial charge on any atom is 0.335 e. The molecule has 0 atom stereocenters. The number of aryl methyl sites for hydroxylation is 2. The molecule has 0 radical (unpaired) electrons. The van der Waals surface area contributed by atoms with E-state index in [2.05, 4.69) is 15.4 Å². The summed E-state index contributed by atoms with van der Waals surface area (Å²) in [5, 5.41) is 16.4. The highest BCUT2D eigenvalue weighted by Crippen LogP contribution is 2.12. The minimum atomic E-state index is -0.946. The van der Waals surface area contributed by atoms with E-state index in [1.165, 1.54) is 6.07 Å². The molecule has 0 unspecified atom stereocenters. The molecule has 2 aromatic heterocycles. The van der Waals surface area contributed by atoms with E-state index in [1.54, 1.807) is 10.7 Å². The van der Waals surface area contributed by atoms with Gasteiger partial charge < -0.3 is 10.4 Å². The normalized spacial score (nSPS) is 10.4. The van der Waals surface area contributed by atoms with E-state index in [4.69, 9.17) is 5.11 Å². The van der Waals surface area contributed by atoms with Gasteiger partial charge in [-0.1, -0.05) is 6.92 Å². The Morgan fingerprint density at radius 3 is 2.79 bits per heavy atom. The molecule has 2 aromatic rings. The Balaban J connectivity index is 2.15. The first kappa shape index (κ1) is 13.1. The highest BCUT2D eigenvalue weighted by Gasteiger charge is 2.08. The lowest BCUT2D eigenvalue weighted by Crippen LogP contribution is -2.07. The number of carbonyl (C=O) groups is 1. The molecule has 6 nitrogen and oxygen atoms in total. The largest absolute Gasteiger partial charge is 0.478 e. The van der Waals surface area contributed by atoms with Crippen molar-refractivity contribution in [3.05, 3.63) is 41.3 Å². The van der Waals surface area contributed by atoms with Crippen LogP contribution >= 0.6 is 0 Å². The van der Waals surface area contributed by atoms with Gasteiger partial charge >= 0.3 is 5.97 Å². The summed E-state index contributed by atoms with van der Waals surface area (Å²) < 4.78 is 1.72. The molecule has 6 heteroatoms. The molecule has 19 heavy (non-hydrogen) atoms. The monoisotopic (exact) mass is 260 g/mol. The van der Waals surface area contributed by atoms with E-state index in [9.17, 15) is 4.79 Å². The van der Waals surface area contributed by atoms with Crippen molar-refractivity contribution >= 4 is 11.8 Å². The molecular formula is C13H16N4O2. The van der Waals surface area contributed by atoms with Crippen LogP contribution in [0.2, 0.25) is 0 Å². The lowest BCUT2D eigenvalue weighted by Gasteiger charge is -2.07. The summed E-state index contributed by atoms with van der Waals surface area (Å²) in [6, 6.07) is 5.02. The number of hydrogen-bond donors (Lipinski definition) is 2. The summed E-state index contributed by atoms with van der Waals surface area (Å²) in [6.45, 7) is 2.45. The average molecular weight is 260 g/mol. The maximum absolute atomic E-state index is 11.0. The molecule has 0 saturated carbocycles. The van der Waals surface area contributed by atoms with Crippen molar-refractivity contribution in [2.24, 2.45) is 7.05 Å². The van der Waals surface area contributed by atoms with Crippen molar-refractivity contribution in [1.82, 2.24) is 14.8 Å². The van der Waals surface area contributed by atoms with Crippen LogP contribution in [-0.2, 0) is 20.0 Å². The van der Waals surface area contributed by atoms with Crippen molar-refractivity contribution in [2.75, 3.05) is 5.32 Å². The number of rotatable bonds is 5. The second kappa shape index (κ2) is 5.51. The number of nitrogens with one attached hydrogen (secondary N) is 1. The third-order valence-electron chi connectivity index (χ3n) is 2.71. The second-order valence-electron chi connectivity index (χ2n) is 4.23. The number of nitrogens with zero attached hydrogens (tertiary/aromatic N) is 3. The van der Waals surface area contributed by atoms with Gasteiger partial charge in [0.25, 0.3) is 0 Å². The van der Waals surface area contributed by atoms with Crippen LogP contribution in [0, 0.1) is 0 Å². The first-order valence-corrected chi connectivity index (χ1v) is 6.05. The zero-order chi connectivity index (χ0) is 13.8. The topological polar surface area (TPSA) is 80.0 Å². The van der Waals surface area contributed by atoms with Gasteiger partial charge in [-0.15, -0.1) is 0 Å². The molecule has 0 aliphatic rings. The van der Waals surface area contributed by atoms with Crippen LogP contribution < -0.4 is 5.32 Å². The maximum atomic E-state index is 11.0. The van der Waals surface area contributed by atoms with Gasteiger partial charge in [-0.05, 0) is 24.6 Å². The predicted octanol–water partition coefficient (Wildman–Crippen LogP) is 1.69. The molecule has 100 valence electrons. The molecule has 2 N–H and O–H groups in total. The SMILES string of the molecule is CCc1cc(C(=O)O)cc(NCc2ccn(C)n2)n1. The molecule has 0 aliphatic carbocycles. The summed E-state index contributed by atoms with van der Waals surface area (Å²) in [7, 11) is 1.85. The first-order valence-electron chi connectivity index (χ1n) is 6.05. The Hall–Kier alpha value is -2.37. The number of anilines is 1. The van der Waals surface area contributed by atoms with Crippen molar-refractivity contribution in [2.45, 2.75) is 19.9 Å². The van der Waals surface area contributed by atoms with Crippen molar-refractivity contribution in [3.63, 3.8) is 0 Å². The van der Waals surface area contributed by atoms with Crippen LogP contribution in [0.5, 0.6) is 0 Å². The zero-order valence-electron chi connectivity index (χ0n) is 10.9. The lowest BCUT2D eigenvalue weighted by atomic mass is 10.2. The van der Waals surface area contributed by atoms with Gasteiger partial charge in [-0.25, -0.2) is 9.78 Å². The van der Waals surface area contributed by atoms with Gasteiger partial charge in [-0.3, -0.25) is 4.68 Å². The Morgan fingerprint density at radius 2 is 2.21 bits per heavy atom. The van der Waals surface area contributed by atoms with Crippen molar-refractivity contribution < 1.29 is 9.90 Å². The molecular weight excluding hydrogens is 244 g/mol. The lowest BCUT2D eigenvalue weighted by molar-refractivity contribution is 0.0696. The third-order valence-corrected chi connectivity index (χ3v) is 2.71. The summed E-state index contributed by atoms with van der Waals surface area (Å²) in [5.41, 5.74) is 1.88. The summed E-state index contributed by atoms with van der Waals surface area (Å²) in [5.74, 6) is -0.389. The average Bonchev–Trinajstić information content (AvgIpc) is 2.81. The molecule has 0 aromatic carbocycles. The number of pyridine rings is 1. The third kappa shape index (κ3) is 3.31. The van der Waals surface area contributed by atoms with Crippen LogP contribution in [0.1, 0.15) is 28.7 Å². The second-order valence-corrected chi connectivity index (χ2v) is 4.23. The van der Waals surface area contributed by atoms with Gasteiger partial charge in [0.2, 0.25) is 0 Å². The highest BCUT2D eigenvalue weighted by atomic mass is 16.4. The standard InChI is InChI=1S/C13H16N4O2/c1-3-10-6-9(13(18)19)7-12(15-10)14-8-11-4-5-17(2)16-11/h4-7H,3,8H2,1-2H3,(H,14,15)(H,18,19). The van der Waals surface area contributed by atoms with Crippen LogP contribution in [0.3, 0.4) is 0 Å². The van der Waals surface area contributed by atoms with E-state index in [0.29, 0.717) is 18.8 Å². The zero-order valence-corrected chi connectivity index (χ0v) is 10.9.